The number of phenolic OH excluding ortho intramolecular Hbond substituents is 1. The number of hydrogen-bond donors (Lipinski definition) is 2. The number of ketones is 1. The van der Waals surface area contributed by atoms with Gasteiger partial charge in [-0.25, -0.2) is 4.79 Å². The van der Waals surface area contributed by atoms with Crippen LogP contribution in [0.5, 0.6) is 17.2 Å². The smallest absolute Gasteiger partial charge is 0.336 e. The number of allylic oxidation sites excluding steroid dienone is 3. The second kappa shape index (κ2) is 11.6. The maximum atomic E-state index is 14.4. The number of dihydropyridines is 1. The van der Waals surface area contributed by atoms with Gasteiger partial charge in [0.1, 0.15) is 11.7 Å². The van der Waals surface area contributed by atoms with Crippen LogP contribution in [0.3, 0.4) is 0 Å². The molecule has 39 heavy (non-hydrogen) atoms. The molecule has 0 radical (unpaired) electrons. The highest BCUT2D eigenvalue weighted by Crippen LogP contribution is 2.49. The zero-order valence-corrected chi connectivity index (χ0v) is 22.7. The number of carbonyl (C=O) groups excluding carboxylic acids is 3. The first-order valence-electron chi connectivity index (χ1n) is 12.8. The van der Waals surface area contributed by atoms with Crippen LogP contribution in [0.15, 0.2) is 65.0 Å². The summed E-state index contributed by atoms with van der Waals surface area (Å²) in [5.74, 6) is -3.46. The van der Waals surface area contributed by atoms with Crippen molar-refractivity contribution < 1.29 is 38.4 Å². The number of hydrogen-bond acceptors (Lipinski definition) is 9. The predicted octanol–water partition coefficient (Wildman–Crippen LogP) is 4.12. The number of nitrogens with one attached hydrogen (secondary N) is 1. The summed E-state index contributed by atoms with van der Waals surface area (Å²) in [7, 11) is 2.97. The van der Waals surface area contributed by atoms with Crippen molar-refractivity contribution in [2.24, 2.45) is 5.92 Å². The van der Waals surface area contributed by atoms with E-state index in [1.54, 1.807) is 46.1 Å². The molecule has 0 unspecified atom stereocenters. The Hall–Kier alpha value is -4.27. The predicted molar refractivity (Wildman–Crippen MR) is 142 cm³/mol. The molecule has 0 saturated heterocycles. The van der Waals surface area contributed by atoms with Gasteiger partial charge in [-0.3, -0.25) is 9.59 Å². The molecule has 9 heteroatoms. The molecular weight excluding hydrogens is 502 g/mol. The van der Waals surface area contributed by atoms with Crippen LogP contribution in [-0.2, 0) is 23.9 Å². The molecule has 1 aliphatic carbocycles. The number of ether oxygens (including phenoxy) is 4. The van der Waals surface area contributed by atoms with Gasteiger partial charge in [0.15, 0.2) is 17.3 Å². The summed E-state index contributed by atoms with van der Waals surface area (Å²) < 4.78 is 21.4. The van der Waals surface area contributed by atoms with Crippen molar-refractivity contribution in [3.63, 3.8) is 0 Å². The first-order valence-corrected chi connectivity index (χ1v) is 12.8. The van der Waals surface area contributed by atoms with Crippen molar-refractivity contribution in [1.29, 1.82) is 0 Å². The van der Waals surface area contributed by atoms with E-state index in [4.69, 9.17) is 18.9 Å². The number of phenols is 1. The molecule has 4 rings (SSSR count). The maximum absolute atomic E-state index is 14.4. The largest absolute Gasteiger partial charge is 0.504 e. The fourth-order valence-corrected chi connectivity index (χ4v) is 5.41. The van der Waals surface area contributed by atoms with Crippen molar-refractivity contribution in [2.45, 2.75) is 39.0 Å². The number of benzene rings is 2. The van der Waals surface area contributed by atoms with Crippen LogP contribution in [0.2, 0.25) is 0 Å². The summed E-state index contributed by atoms with van der Waals surface area (Å²) in [6.07, 6.45) is 0.316. The highest BCUT2D eigenvalue weighted by atomic mass is 16.5. The zero-order chi connectivity index (χ0) is 28.3. The number of methoxy groups -OCH3 is 2. The van der Waals surface area contributed by atoms with Crippen molar-refractivity contribution in [3.05, 3.63) is 76.1 Å². The third-order valence-electron chi connectivity index (χ3n) is 7.11. The van der Waals surface area contributed by atoms with E-state index in [-0.39, 0.29) is 35.9 Å². The van der Waals surface area contributed by atoms with Crippen LogP contribution < -0.4 is 14.8 Å². The first-order chi connectivity index (χ1) is 18.7. The zero-order valence-electron chi connectivity index (χ0n) is 22.7. The Morgan fingerprint density at radius 2 is 1.74 bits per heavy atom. The molecule has 2 aliphatic rings. The number of Topliss-reactive ketones (excluding diaryl/α,β-unsaturated/α-hetero) is 1. The third kappa shape index (κ3) is 5.21. The lowest BCUT2D eigenvalue weighted by molar-refractivity contribution is -0.152. The molecule has 2 aromatic rings. The Kier molecular flexibility index (Phi) is 8.28. The first kappa shape index (κ1) is 27.8. The van der Waals surface area contributed by atoms with E-state index in [1.807, 2.05) is 18.2 Å². The van der Waals surface area contributed by atoms with Gasteiger partial charge < -0.3 is 29.4 Å². The molecule has 0 fully saturated rings. The van der Waals surface area contributed by atoms with Gasteiger partial charge >= 0.3 is 11.9 Å². The highest BCUT2D eigenvalue weighted by Gasteiger charge is 2.49. The van der Waals surface area contributed by atoms with E-state index in [9.17, 15) is 19.5 Å². The van der Waals surface area contributed by atoms with Crippen LogP contribution in [0.4, 0.5) is 0 Å². The van der Waals surface area contributed by atoms with Gasteiger partial charge in [0.05, 0.1) is 33.0 Å². The summed E-state index contributed by atoms with van der Waals surface area (Å²) in [5, 5.41) is 13.5. The normalized spacial score (nSPS) is 20.6. The van der Waals surface area contributed by atoms with E-state index in [2.05, 4.69) is 5.32 Å². The molecule has 206 valence electrons. The molecule has 0 saturated carbocycles. The van der Waals surface area contributed by atoms with E-state index < -0.39 is 35.5 Å². The molecule has 1 heterocycles. The van der Waals surface area contributed by atoms with Crippen LogP contribution in [0, 0.1) is 5.92 Å². The molecule has 1 aliphatic heterocycles. The van der Waals surface area contributed by atoms with Gasteiger partial charge in [0.25, 0.3) is 0 Å². The van der Waals surface area contributed by atoms with Crippen molar-refractivity contribution in [2.75, 3.05) is 27.4 Å². The van der Waals surface area contributed by atoms with Crippen molar-refractivity contribution in [1.82, 2.24) is 5.32 Å². The van der Waals surface area contributed by atoms with Crippen LogP contribution in [0.25, 0.3) is 0 Å². The van der Waals surface area contributed by atoms with E-state index in [0.717, 1.165) is 5.56 Å². The van der Waals surface area contributed by atoms with Gasteiger partial charge in [-0.05, 0) is 62.6 Å². The van der Waals surface area contributed by atoms with Gasteiger partial charge in [-0.15, -0.1) is 0 Å². The SMILES string of the molecule is CCOC(=O)C1=C(C)NC2=C(C(=O)[C@H](C(=O)OCC)[C@@H](c3cccc(OC)c3)C2)[C@H]1c1ccc(O)c(OC)c1. The fraction of sp³-hybridized carbons (Fsp3) is 0.367. The maximum Gasteiger partial charge on any atom is 0.336 e. The lowest BCUT2D eigenvalue weighted by atomic mass is 9.67. The van der Waals surface area contributed by atoms with Gasteiger partial charge in [-0.1, -0.05) is 18.2 Å². The van der Waals surface area contributed by atoms with E-state index >= 15 is 0 Å². The highest BCUT2D eigenvalue weighted by molar-refractivity contribution is 6.13. The summed E-state index contributed by atoms with van der Waals surface area (Å²) in [6.45, 7) is 5.40. The van der Waals surface area contributed by atoms with Gasteiger partial charge in [0, 0.05) is 28.8 Å². The minimum Gasteiger partial charge on any atom is -0.504 e. The number of aromatic hydroxyl groups is 1. The minimum atomic E-state index is -1.14. The van der Waals surface area contributed by atoms with Crippen LogP contribution >= 0.6 is 0 Å². The average Bonchev–Trinajstić information content (AvgIpc) is 2.92. The lowest BCUT2D eigenvalue weighted by Crippen LogP contribution is -2.43. The minimum absolute atomic E-state index is 0.0831. The summed E-state index contributed by atoms with van der Waals surface area (Å²) in [6, 6.07) is 11.9. The Balaban J connectivity index is 1.93. The standard InChI is InChI=1S/C30H33NO8/c1-6-38-29(34)24-16(3)31-21-15-20(17-9-8-10-19(13-17)36-4)26(30(35)39-7-2)28(33)27(21)25(24)18-11-12-22(32)23(14-18)37-5/h8-14,20,25-26,31-32H,6-7,15H2,1-5H3/t20-,25+,26-/m1/s1. The summed E-state index contributed by atoms with van der Waals surface area (Å²) in [4.78, 5) is 40.9. The summed E-state index contributed by atoms with van der Waals surface area (Å²) >= 11 is 0. The Morgan fingerprint density at radius 3 is 2.41 bits per heavy atom. The Bertz CT molecular complexity index is 1360. The second-order valence-electron chi connectivity index (χ2n) is 9.32. The molecule has 0 amide bonds. The molecule has 2 N–H and O–H groups in total. The molecular formula is C30H33NO8. The average molecular weight is 536 g/mol. The van der Waals surface area contributed by atoms with Crippen molar-refractivity contribution in [3.8, 4) is 17.2 Å². The quantitative estimate of drug-likeness (QED) is 0.380. The molecule has 0 aromatic heterocycles. The van der Waals surface area contributed by atoms with Crippen LogP contribution in [0.1, 0.15) is 50.2 Å². The molecule has 0 bridgehead atoms. The fourth-order valence-electron chi connectivity index (χ4n) is 5.41. The van der Waals surface area contributed by atoms with Gasteiger partial charge in [0.2, 0.25) is 0 Å². The van der Waals surface area contributed by atoms with E-state index in [0.29, 0.717) is 29.1 Å². The topological polar surface area (TPSA) is 120 Å². The van der Waals surface area contributed by atoms with Crippen molar-refractivity contribution >= 4 is 17.7 Å². The summed E-state index contributed by atoms with van der Waals surface area (Å²) in [5.41, 5.74) is 2.98. The number of rotatable bonds is 8. The Labute approximate surface area is 227 Å². The van der Waals surface area contributed by atoms with Crippen LogP contribution in [-0.4, -0.2) is 50.3 Å². The van der Waals surface area contributed by atoms with E-state index in [1.165, 1.54) is 13.2 Å². The second-order valence-corrected chi connectivity index (χ2v) is 9.32. The Morgan fingerprint density at radius 1 is 1.00 bits per heavy atom. The molecule has 0 spiro atoms. The molecule has 2 aromatic carbocycles. The number of carbonyl (C=O) groups is 3. The number of esters is 2. The molecule has 3 atom stereocenters. The lowest BCUT2D eigenvalue weighted by Gasteiger charge is -2.39. The monoisotopic (exact) mass is 535 g/mol. The molecule has 9 nitrogen and oxygen atoms in total. The third-order valence-corrected chi connectivity index (χ3v) is 7.11. The van der Waals surface area contributed by atoms with Gasteiger partial charge in [-0.2, -0.15) is 0 Å².